The van der Waals surface area contributed by atoms with Gasteiger partial charge in [0, 0.05) is 5.69 Å². The Kier molecular flexibility index (Phi) is 5.47. The predicted molar refractivity (Wildman–Crippen MR) is 67.2 cm³/mol. The molecule has 0 saturated carbocycles. The number of halogens is 3. The quantitative estimate of drug-likeness (QED) is 0.599. The van der Waals surface area contributed by atoms with Crippen molar-refractivity contribution in [3.63, 3.8) is 0 Å². The molecule has 0 aliphatic heterocycles. The minimum Gasteiger partial charge on any atom is -0.370 e. The molecule has 0 aliphatic carbocycles. The van der Waals surface area contributed by atoms with Gasteiger partial charge < -0.3 is 11.1 Å². The van der Waals surface area contributed by atoms with Gasteiger partial charge in [-0.1, -0.05) is 32.3 Å². The van der Waals surface area contributed by atoms with Crippen LogP contribution in [0.5, 0.6) is 0 Å². The van der Waals surface area contributed by atoms with E-state index in [1.54, 1.807) is 6.07 Å². The van der Waals surface area contributed by atoms with E-state index in [1.807, 2.05) is 0 Å². The molecule has 102 valence electrons. The molecular weight excluding hydrogens is 241 g/mol. The Balaban J connectivity index is 2.57. The molecule has 0 heterocycles. The van der Waals surface area contributed by atoms with Gasteiger partial charge in [-0.25, -0.2) is 0 Å². The monoisotopic (exact) mass is 260 g/mol. The summed E-state index contributed by atoms with van der Waals surface area (Å²) in [5, 5.41) is 2.89. The normalized spacial score (nSPS) is 13.4. The van der Waals surface area contributed by atoms with E-state index in [4.69, 9.17) is 5.73 Å². The summed E-state index contributed by atoms with van der Waals surface area (Å²) in [5.74, 6) is 0. The Hall–Kier alpha value is -1.23. The van der Waals surface area contributed by atoms with Gasteiger partial charge in [0.15, 0.2) is 0 Å². The van der Waals surface area contributed by atoms with Crippen molar-refractivity contribution in [2.45, 2.75) is 44.9 Å². The lowest BCUT2D eigenvalue weighted by atomic mass is 10.1. The summed E-state index contributed by atoms with van der Waals surface area (Å²) in [4.78, 5) is 0. The van der Waals surface area contributed by atoms with Crippen LogP contribution in [-0.2, 0) is 6.18 Å². The van der Waals surface area contributed by atoms with Crippen LogP contribution in [0.25, 0.3) is 0 Å². The van der Waals surface area contributed by atoms with Gasteiger partial charge in [0.2, 0.25) is 0 Å². The van der Waals surface area contributed by atoms with Crippen LogP contribution in [-0.4, -0.2) is 6.17 Å². The largest absolute Gasteiger partial charge is 0.416 e. The minimum absolute atomic E-state index is 0.306. The summed E-state index contributed by atoms with van der Waals surface area (Å²) in [6, 6.07) is 5.10. The molecule has 0 aliphatic rings. The Morgan fingerprint density at radius 1 is 1.28 bits per heavy atom. The van der Waals surface area contributed by atoms with Crippen LogP contribution in [0.2, 0.25) is 0 Å². The summed E-state index contributed by atoms with van der Waals surface area (Å²) in [5.41, 5.74) is 5.57. The Morgan fingerprint density at radius 2 is 2.00 bits per heavy atom. The lowest BCUT2D eigenvalue weighted by molar-refractivity contribution is -0.137. The second kappa shape index (κ2) is 6.64. The number of alkyl halides is 3. The molecule has 1 aromatic rings. The average Bonchev–Trinajstić information content (AvgIpc) is 2.28. The van der Waals surface area contributed by atoms with Crippen molar-refractivity contribution in [1.82, 2.24) is 0 Å². The number of hydrogen-bond donors (Lipinski definition) is 2. The zero-order valence-corrected chi connectivity index (χ0v) is 10.4. The molecule has 1 atom stereocenters. The molecule has 1 unspecified atom stereocenters. The highest BCUT2D eigenvalue weighted by molar-refractivity contribution is 5.47. The van der Waals surface area contributed by atoms with Gasteiger partial charge in [-0.2, -0.15) is 13.2 Å². The van der Waals surface area contributed by atoms with E-state index in [2.05, 4.69) is 12.2 Å². The van der Waals surface area contributed by atoms with Crippen LogP contribution in [0.1, 0.15) is 38.2 Å². The van der Waals surface area contributed by atoms with E-state index < -0.39 is 11.7 Å². The number of hydrogen-bond acceptors (Lipinski definition) is 2. The van der Waals surface area contributed by atoms with Crippen molar-refractivity contribution >= 4 is 5.69 Å². The standard InChI is InChI=1S/C13H19F3N2/c1-2-3-4-8-12(17)18-11-7-5-6-10(9-11)13(14,15)16/h5-7,9,12,18H,2-4,8,17H2,1H3. The third-order valence-electron chi connectivity index (χ3n) is 2.66. The molecule has 2 nitrogen and oxygen atoms in total. The first-order chi connectivity index (χ1) is 8.43. The van der Waals surface area contributed by atoms with Gasteiger partial charge >= 0.3 is 6.18 Å². The number of anilines is 1. The summed E-state index contributed by atoms with van der Waals surface area (Å²) >= 11 is 0. The number of unbranched alkanes of at least 4 members (excludes halogenated alkanes) is 2. The maximum absolute atomic E-state index is 12.5. The first-order valence-corrected chi connectivity index (χ1v) is 6.13. The Bertz CT molecular complexity index is 363. The third-order valence-corrected chi connectivity index (χ3v) is 2.66. The molecule has 1 aromatic carbocycles. The van der Waals surface area contributed by atoms with Crippen molar-refractivity contribution in [3.8, 4) is 0 Å². The first-order valence-electron chi connectivity index (χ1n) is 6.13. The lowest BCUT2D eigenvalue weighted by Crippen LogP contribution is -2.29. The van der Waals surface area contributed by atoms with Crippen LogP contribution >= 0.6 is 0 Å². The smallest absolute Gasteiger partial charge is 0.370 e. The molecule has 0 bridgehead atoms. The Labute approximate surface area is 105 Å². The van der Waals surface area contributed by atoms with Gasteiger partial charge in [-0.15, -0.1) is 0 Å². The maximum Gasteiger partial charge on any atom is 0.416 e. The fraction of sp³-hybridized carbons (Fsp3) is 0.538. The molecule has 0 saturated heterocycles. The van der Waals surface area contributed by atoms with Crippen molar-refractivity contribution in [1.29, 1.82) is 0 Å². The number of rotatable bonds is 6. The average molecular weight is 260 g/mol. The highest BCUT2D eigenvalue weighted by atomic mass is 19.4. The lowest BCUT2D eigenvalue weighted by Gasteiger charge is -2.16. The van der Waals surface area contributed by atoms with Gasteiger partial charge in [0.05, 0.1) is 11.7 Å². The van der Waals surface area contributed by atoms with E-state index in [-0.39, 0.29) is 6.17 Å². The third kappa shape index (κ3) is 4.96. The van der Waals surface area contributed by atoms with E-state index in [9.17, 15) is 13.2 Å². The first kappa shape index (κ1) is 14.8. The van der Waals surface area contributed by atoms with Crippen molar-refractivity contribution < 1.29 is 13.2 Å². The van der Waals surface area contributed by atoms with Crippen LogP contribution < -0.4 is 11.1 Å². The van der Waals surface area contributed by atoms with E-state index in [0.29, 0.717) is 5.69 Å². The summed E-state index contributed by atoms with van der Waals surface area (Å²) < 4.78 is 37.5. The SMILES string of the molecule is CCCCCC(N)Nc1cccc(C(F)(F)F)c1. The summed E-state index contributed by atoms with van der Waals surface area (Å²) in [7, 11) is 0. The maximum atomic E-state index is 12.5. The van der Waals surface area contributed by atoms with Crippen LogP contribution in [0, 0.1) is 0 Å². The van der Waals surface area contributed by atoms with Gasteiger partial charge in [0.25, 0.3) is 0 Å². The van der Waals surface area contributed by atoms with Crippen LogP contribution in [0.3, 0.4) is 0 Å². The summed E-state index contributed by atoms with van der Waals surface area (Å²) in [6.45, 7) is 2.09. The molecule has 5 heteroatoms. The second-order valence-corrected chi connectivity index (χ2v) is 4.33. The minimum atomic E-state index is -4.32. The fourth-order valence-electron chi connectivity index (χ4n) is 1.69. The molecule has 0 fully saturated rings. The molecule has 0 radical (unpaired) electrons. The van der Waals surface area contributed by atoms with Gasteiger partial charge in [-0.05, 0) is 24.6 Å². The van der Waals surface area contributed by atoms with E-state index in [0.717, 1.165) is 37.8 Å². The van der Waals surface area contributed by atoms with Gasteiger partial charge in [0.1, 0.15) is 0 Å². The number of benzene rings is 1. The highest BCUT2D eigenvalue weighted by Crippen LogP contribution is 2.30. The molecule has 0 amide bonds. The zero-order chi connectivity index (χ0) is 13.6. The van der Waals surface area contributed by atoms with Crippen LogP contribution in [0.15, 0.2) is 24.3 Å². The van der Waals surface area contributed by atoms with Crippen LogP contribution in [0.4, 0.5) is 18.9 Å². The van der Waals surface area contributed by atoms with E-state index >= 15 is 0 Å². The molecule has 18 heavy (non-hydrogen) atoms. The van der Waals surface area contributed by atoms with Crippen molar-refractivity contribution in [2.75, 3.05) is 5.32 Å². The van der Waals surface area contributed by atoms with E-state index in [1.165, 1.54) is 6.07 Å². The molecule has 0 aromatic heterocycles. The molecule has 3 N–H and O–H groups in total. The number of nitrogens with one attached hydrogen (secondary N) is 1. The Morgan fingerprint density at radius 3 is 2.61 bits per heavy atom. The van der Waals surface area contributed by atoms with Crippen molar-refractivity contribution in [3.05, 3.63) is 29.8 Å². The molecule has 0 spiro atoms. The number of nitrogens with two attached hydrogens (primary N) is 1. The van der Waals surface area contributed by atoms with Gasteiger partial charge in [-0.3, -0.25) is 0 Å². The predicted octanol–water partition coefficient (Wildman–Crippen LogP) is 3.98. The fourth-order valence-corrected chi connectivity index (χ4v) is 1.69. The zero-order valence-electron chi connectivity index (χ0n) is 10.4. The molecule has 1 rings (SSSR count). The summed E-state index contributed by atoms with van der Waals surface area (Å²) in [6.07, 6.45) is -0.716. The van der Waals surface area contributed by atoms with Crippen molar-refractivity contribution in [2.24, 2.45) is 5.73 Å². The molecular formula is C13H19F3N2. The second-order valence-electron chi connectivity index (χ2n) is 4.33. The topological polar surface area (TPSA) is 38.0 Å². The highest BCUT2D eigenvalue weighted by Gasteiger charge is 2.30.